The number of sulfonamides is 1. The molecule has 1 aliphatic rings. The Morgan fingerprint density at radius 2 is 1.58 bits per heavy atom. The predicted molar refractivity (Wildman–Crippen MR) is 123 cm³/mol. The zero-order valence-corrected chi connectivity index (χ0v) is 18.7. The molecule has 3 aromatic carbocycles. The Hall–Kier alpha value is -3.72. The van der Waals surface area contributed by atoms with E-state index in [0.717, 1.165) is 21.2 Å². The summed E-state index contributed by atoms with van der Waals surface area (Å²) in [4.78, 5) is 27.1. The van der Waals surface area contributed by atoms with Crippen LogP contribution in [0.5, 0.6) is 0 Å². The van der Waals surface area contributed by atoms with Gasteiger partial charge in [0.05, 0.1) is 11.4 Å². The van der Waals surface area contributed by atoms with Gasteiger partial charge in [-0.3, -0.25) is 9.69 Å². The van der Waals surface area contributed by atoms with Crippen LogP contribution in [-0.2, 0) is 27.8 Å². The molecular weight excluding hydrogens is 445 g/mol. The van der Waals surface area contributed by atoms with Gasteiger partial charge >= 0.3 is 6.03 Å². The predicted octanol–water partition coefficient (Wildman–Crippen LogP) is 3.84. The number of fused-ring (bicyclic) bond motifs is 1. The molecule has 0 atom stereocenters. The van der Waals surface area contributed by atoms with Gasteiger partial charge in [0.1, 0.15) is 17.3 Å². The minimum atomic E-state index is -4.16. The first-order valence-corrected chi connectivity index (χ1v) is 11.8. The SMILES string of the molecule is CCc1ccc(N2C(=O)N(CC(=O)NCc3ccc(F)cc3)c3ccccc3S2(=O)=O)cc1. The third-order valence-electron chi connectivity index (χ3n) is 5.36. The van der Waals surface area contributed by atoms with Gasteiger partial charge in [-0.15, -0.1) is 0 Å². The number of halogens is 1. The summed E-state index contributed by atoms with van der Waals surface area (Å²) in [5.74, 6) is -0.864. The zero-order valence-electron chi connectivity index (χ0n) is 17.9. The lowest BCUT2D eigenvalue weighted by molar-refractivity contribution is -0.119. The van der Waals surface area contributed by atoms with E-state index in [1.807, 2.05) is 6.92 Å². The second-order valence-corrected chi connectivity index (χ2v) is 9.28. The van der Waals surface area contributed by atoms with E-state index in [4.69, 9.17) is 0 Å². The molecule has 1 heterocycles. The van der Waals surface area contributed by atoms with Gasteiger partial charge in [0.2, 0.25) is 5.91 Å². The number of hydrogen-bond acceptors (Lipinski definition) is 4. The third kappa shape index (κ3) is 4.45. The van der Waals surface area contributed by atoms with Crippen molar-refractivity contribution in [1.82, 2.24) is 5.32 Å². The van der Waals surface area contributed by atoms with Gasteiger partial charge in [0.25, 0.3) is 10.0 Å². The van der Waals surface area contributed by atoms with Gasteiger partial charge < -0.3 is 5.32 Å². The van der Waals surface area contributed by atoms with Crippen molar-refractivity contribution in [2.75, 3.05) is 15.7 Å². The quantitative estimate of drug-likeness (QED) is 0.597. The standard InChI is InChI=1S/C24H22FN3O4S/c1-2-17-9-13-20(14-10-17)28-24(30)27(21-5-3-4-6-22(21)33(28,31)32)16-23(29)26-15-18-7-11-19(25)12-8-18/h3-14H,2,15-16H2,1H3,(H,26,29). The van der Waals surface area contributed by atoms with E-state index in [1.54, 1.807) is 48.5 Å². The van der Waals surface area contributed by atoms with Crippen LogP contribution in [-0.4, -0.2) is 26.9 Å². The normalized spacial score (nSPS) is 14.7. The second-order valence-electron chi connectivity index (χ2n) is 7.53. The van der Waals surface area contributed by atoms with Crippen LogP contribution in [0.25, 0.3) is 0 Å². The third-order valence-corrected chi connectivity index (χ3v) is 7.11. The number of anilines is 2. The molecule has 0 radical (unpaired) electrons. The molecule has 0 spiro atoms. The molecule has 0 aromatic heterocycles. The molecule has 7 nitrogen and oxygen atoms in total. The van der Waals surface area contributed by atoms with E-state index < -0.39 is 22.0 Å². The molecule has 0 saturated heterocycles. The Labute approximate surface area is 191 Å². The molecule has 0 bridgehead atoms. The highest BCUT2D eigenvalue weighted by Gasteiger charge is 2.42. The van der Waals surface area contributed by atoms with Crippen LogP contribution in [0.15, 0.2) is 77.7 Å². The van der Waals surface area contributed by atoms with Crippen LogP contribution in [0.4, 0.5) is 20.6 Å². The fourth-order valence-electron chi connectivity index (χ4n) is 3.58. The van der Waals surface area contributed by atoms with Gasteiger partial charge in [-0.1, -0.05) is 43.3 Å². The lowest BCUT2D eigenvalue weighted by Crippen LogP contribution is -2.53. The number of benzene rings is 3. The van der Waals surface area contributed by atoms with E-state index >= 15 is 0 Å². The summed E-state index contributed by atoms with van der Waals surface area (Å²) in [6.45, 7) is 1.74. The second kappa shape index (κ2) is 9.03. The van der Waals surface area contributed by atoms with Gasteiger partial charge in [-0.2, -0.15) is 4.31 Å². The summed E-state index contributed by atoms with van der Waals surface area (Å²) in [6, 6.07) is 17.6. The molecule has 0 aliphatic carbocycles. The largest absolute Gasteiger partial charge is 0.350 e. The molecule has 0 fully saturated rings. The topological polar surface area (TPSA) is 86.8 Å². The summed E-state index contributed by atoms with van der Waals surface area (Å²) >= 11 is 0. The number of rotatable bonds is 6. The van der Waals surface area contributed by atoms with Gasteiger partial charge in [-0.05, 0) is 53.9 Å². The number of carbonyl (C=O) groups excluding carboxylic acids is 2. The molecule has 1 aliphatic heterocycles. The number of nitrogens with one attached hydrogen (secondary N) is 1. The number of carbonyl (C=O) groups is 2. The highest BCUT2D eigenvalue weighted by molar-refractivity contribution is 7.94. The van der Waals surface area contributed by atoms with E-state index in [1.165, 1.54) is 24.3 Å². The Bertz CT molecular complexity index is 1290. The summed E-state index contributed by atoms with van der Waals surface area (Å²) < 4.78 is 40.4. The minimum Gasteiger partial charge on any atom is -0.350 e. The molecule has 3 amide bonds. The Morgan fingerprint density at radius 1 is 0.939 bits per heavy atom. The Morgan fingerprint density at radius 3 is 2.24 bits per heavy atom. The van der Waals surface area contributed by atoms with Crippen molar-refractivity contribution in [1.29, 1.82) is 0 Å². The maximum Gasteiger partial charge on any atom is 0.343 e. The average Bonchev–Trinajstić information content (AvgIpc) is 2.82. The summed E-state index contributed by atoms with van der Waals surface area (Å²) in [6.07, 6.45) is 0.768. The summed E-state index contributed by atoms with van der Waals surface area (Å²) in [5.41, 5.74) is 2.03. The molecule has 0 unspecified atom stereocenters. The number of aryl methyl sites for hydroxylation is 1. The number of urea groups is 1. The lowest BCUT2D eigenvalue weighted by Gasteiger charge is -2.35. The first kappa shape index (κ1) is 22.5. The number of para-hydroxylation sites is 1. The first-order valence-electron chi connectivity index (χ1n) is 10.4. The van der Waals surface area contributed by atoms with E-state index in [-0.39, 0.29) is 35.2 Å². The molecule has 9 heteroatoms. The van der Waals surface area contributed by atoms with Crippen molar-refractivity contribution < 1.29 is 22.4 Å². The average molecular weight is 468 g/mol. The molecular formula is C24H22FN3O4S. The number of hydrogen-bond donors (Lipinski definition) is 1. The summed E-state index contributed by atoms with van der Waals surface area (Å²) in [5, 5.41) is 2.68. The van der Waals surface area contributed by atoms with Crippen LogP contribution in [0.1, 0.15) is 18.1 Å². The highest BCUT2D eigenvalue weighted by Crippen LogP contribution is 2.37. The minimum absolute atomic E-state index is 0.0597. The van der Waals surface area contributed by atoms with Crippen LogP contribution in [0.2, 0.25) is 0 Å². The van der Waals surface area contributed by atoms with Gasteiger partial charge in [0, 0.05) is 6.54 Å². The highest BCUT2D eigenvalue weighted by atomic mass is 32.2. The maximum atomic E-state index is 13.4. The first-order chi connectivity index (χ1) is 15.8. The van der Waals surface area contributed by atoms with Crippen molar-refractivity contribution in [2.45, 2.75) is 24.8 Å². The molecule has 0 saturated carbocycles. The molecule has 3 aromatic rings. The molecule has 1 N–H and O–H groups in total. The summed E-state index contributed by atoms with van der Waals surface area (Å²) in [7, 11) is -4.16. The van der Waals surface area contributed by atoms with Crippen LogP contribution < -0.4 is 14.5 Å². The van der Waals surface area contributed by atoms with Crippen molar-refractivity contribution in [2.24, 2.45) is 0 Å². The van der Waals surface area contributed by atoms with Crippen LogP contribution in [0.3, 0.4) is 0 Å². The molecule has 170 valence electrons. The van der Waals surface area contributed by atoms with Gasteiger partial charge in [-0.25, -0.2) is 17.6 Å². The smallest absolute Gasteiger partial charge is 0.343 e. The number of nitrogens with zero attached hydrogens (tertiary/aromatic N) is 2. The lowest BCUT2D eigenvalue weighted by atomic mass is 10.1. The molecule has 4 rings (SSSR count). The maximum absolute atomic E-state index is 13.4. The number of amides is 3. The Kier molecular flexibility index (Phi) is 6.15. The molecule has 33 heavy (non-hydrogen) atoms. The van der Waals surface area contributed by atoms with Crippen LogP contribution >= 0.6 is 0 Å². The Balaban J connectivity index is 1.63. The van der Waals surface area contributed by atoms with Gasteiger partial charge in [0.15, 0.2) is 0 Å². The van der Waals surface area contributed by atoms with Crippen molar-refractivity contribution in [3.8, 4) is 0 Å². The fraction of sp³-hybridized carbons (Fsp3) is 0.167. The van der Waals surface area contributed by atoms with Crippen molar-refractivity contribution >= 4 is 33.3 Å². The fourth-order valence-corrected chi connectivity index (χ4v) is 5.18. The van der Waals surface area contributed by atoms with Crippen molar-refractivity contribution in [3.05, 3.63) is 89.7 Å². The van der Waals surface area contributed by atoms with E-state index in [0.29, 0.717) is 5.56 Å². The van der Waals surface area contributed by atoms with E-state index in [2.05, 4.69) is 5.32 Å². The van der Waals surface area contributed by atoms with E-state index in [9.17, 15) is 22.4 Å². The van der Waals surface area contributed by atoms with Crippen LogP contribution in [0, 0.1) is 5.82 Å². The van der Waals surface area contributed by atoms with Crippen molar-refractivity contribution in [3.63, 3.8) is 0 Å². The monoisotopic (exact) mass is 467 g/mol. The zero-order chi connectivity index (χ0) is 23.6.